The van der Waals surface area contributed by atoms with Crippen molar-refractivity contribution in [2.24, 2.45) is 13.0 Å². The Hall–Kier alpha value is -5.83. The monoisotopic (exact) mass is 849 g/mol. The normalized spacial score (nSPS) is 20.2. The molecule has 3 aromatic heterocycles. The Morgan fingerprint density at radius 2 is 1.73 bits per heavy atom. The number of nitrogens with zero attached hydrogens (tertiary/aromatic N) is 6. The first-order valence-corrected chi connectivity index (χ1v) is 21.1. The number of imide groups is 2. The average Bonchev–Trinajstić information content (AvgIpc) is 3.75. The average molecular weight is 850 g/mol. The van der Waals surface area contributed by atoms with Crippen molar-refractivity contribution in [3.63, 3.8) is 0 Å². The summed E-state index contributed by atoms with van der Waals surface area (Å²) < 4.78 is 16.7. The summed E-state index contributed by atoms with van der Waals surface area (Å²) in [6.07, 6.45) is 8.30. The molecule has 2 aliphatic carbocycles. The second kappa shape index (κ2) is 18.6. The fraction of sp³-hybridized carbons (Fsp3) is 0.538. The van der Waals surface area contributed by atoms with Gasteiger partial charge in [0.25, 0.3) is 11.8 Å². The number of anilines is 1. The van der Waals surface area contributed by atoms with Gasteiger partial charge in [-0.15, -0.1) is 11.3 Å². The molecule has 1 atom stereocenters. The van der Waals surface area contributed by atoms with Gasteiger partial charge in [0.2, 0.25) is 29.6 Å². The van der Waals surface area contributed by atoms with Gasteiger partial charge in [-0.05, 0) is 76.7 Å². The third kappa shape index (κ3) is 9.78. The number of fused-ring (bicyclic) bond motifs is 1. The molecule has 2 saturated carbocycles. The Balaban J connectivity index is 0.774. The molecule has 320 valence electrons. The zero-order valence-electron chi connectivity index (χ0n) is 33.1. The van der Waals surface area contributed by atoms with Gasteiger partial charge in [-0.2, -0.15) is 5.10 Å². The van der Waals surface area contributed by atoms with Crippen LogP contribution in [0.25, 0.3) is 11.3 Å². The molecule has 4 aliphatic rings. The molecule has 7 amide bonds. The third-order valence-electron chi connectivity index (χ3n) is 11.4. The highest BCUT2D eigenvalue weighted by Gasteiger charge is 2.46. The van der Waals surface area contributed by atoms with Crippen LogP contribution in [0.15, 0.2) is 17.8 Å². The summed E-state index contributed by atoms with van der Waals surface area (Å²) in [5.74, 6) is -2.76. The number of aromatic nitrogens is 4. The van der Waals surface area contributed by atoms with Crippen LogP contribution in [0.1, 0.15) is 95.5 Å². The number of hydrogen-bond acceptors (Lipinski definition) is 13. The number of rotatable bonds is 18. The van der Waals surface area contributed by atoms with E-state index in [1.807, 2.05) is 7.05 Å². The van der Waals surface area contributed by atoms with Gasteiger partial charge in [-0.3, -0.25) is 48.6 Å². The maximum absolute atomic E-state index is 14.9. The number of hydrogen-bond donors (Lipinski definition) is 6. The summed E-state index contributed by atoms with van der Waals surface area (Å²) in [6, 6.07) is -1.46. The lowest BCUT2D eigenvalue weighted by atomic mass is 9.90. The molecule has 0 radical (unpaired) electrons. The van der Waals surface area contributed by atoms with E-state index in [1.165, 1.54) is 10.3 Å². The smallest absolute Gasteiger partial charge is 0.408 e. The first-order chi connectivity index (χ1) is 28.9. The van der Waals surface area contributed by atoms with Crippen LogP contribution in [0, 0.1) is 11.7 Å². The first-order valence-electron chi connectivity index (χ1n) is 20.2. The van der Waals surface area contributed by atoms with Crippen molar-refractivity contribution in [3.05, 3.63) is 45.3 Å². The predicted molar refractivity (Wildman–Crippen MR) is 213 cm³/mol. The lowest BCUT2D eigenvalue weighted by Crippen LogP contribution is -2.54. The van der Waals surface area contributed by atoms with E-state index in [0.717, 1.165) is 47.4 Å². The van der Waals surface area contributed by atoms with Gasteiger partial charge in [0.15, 0.2) is 5.82 Å². The van der Waals surface area contributed by atoms with Crippen molar-refractivity contribution in [1.82, 2.24) is 50.8 Å². The molecule has 1 unspecified atom stereocenters. The molecular weight excluding hydrogens is 802 g/mol. The molecular formula is C39H48FN11O8S. The summed E-state index contributed by atoms with van der Waals surface area (Å²) in [7, 11) is 1.84. The lowest BCUT2D eigenvalue weighted by molar-refractivity contribution is -0.136. The molecule has 60 heavy (non-hydrogen) atoms. The zero-order valence-corrected chi connectivity index (χ0v) is 33.9. The largest absolute Gasteiger partial charge is 0.465 e. The molecule has 3 aromatic rings. The van der Waals surface area contributed by atoms with E-state index in [9.17, 15) is 43.1 Å². The van der Waals surface area contributed by atoms with Crippen LogP contribution in [0.2, 0.25) is 0 Å². The quantitative estimate of drug-likeness (QED) is 0.0792. The van der Waals surface area contributed by atoms with Crippen LogP contribution < -0.4 is 26.6 Å². The predicted octanol–water partition coefficient (Wildman–Crippen LogP) is 1.94. The van der Waals surface area contributed by atoms with Crippen LogP contribution >= 0.6 is 11.3 Å². The molecule has 7 rings (SSSR count). The highest BCUT2D eigenvalue weighted by molar-refractivity contribution is 7.10. The minimum atomic E-state index is -1.17. The highest BCUT2D eigenvalue weighted by atomic mass is 32.1. The molecule has 1 saturated heterocycles. The lowest BCUT2D eigenvalue weighted by Gasteiger charge is -2.35. The molecule has 3 fully saturated rings. The van der Waals surface area contributed by atoms with Crippen molar-refractivity contribution in [2.75, 3.05) is 31.5 Å². The van der Waals surface area contributed by atoms with E-state index < -0.39 is 47.5 Å². The van der Waals surface area contributed by atoms with Gasteiger partial charge >= 0.3 is 6.09 Å². The van der Waals surface area contributed by atoms with E-state index in [-0.39, 0.29) is 67.3 Å². The van der Waals surface area contributed by atoms with Crippen molar-refractivity contribution in [2.45, 2.75) is 95.3 Å². The number of amides is 7. The fourth-order valence-electron chi connectivity index (χ4n) is 7.92. The maximum Gasteiger partial charge on any atom is 0.408 e. The minimum Gasteiger partial charge on any atom is -0.465 e. The Morgan fingerprint density at radius 1 is 0.967 bits per heavy atom. The molecule has 6 N–H and O–H groups in total. The number of nitrogens with one attached hydrogen (secondary N) is 5. The Labute approximate surface area is 348 Å². The number of unbranched alkanes of at least 4 members (excludes halogenated alkanes) is 1. The van der Waals surface area contributed by atoms with E-state index >= 15 is 0 Å². The molecule has 5 heterocycles. The summed E-state index contributed by atoms with van der Waals surface area (Å²) >= 11 is 1.16. The molecule has 0 bridgehead atoms. The standard InChI is InChI=1S/C39H48FN11O8S/c1-49-28(14-21-4-5-21)24(15-45-49)34-26(40)16-44-38(48-34)46-22-6-8-23(9-7-22)50(39(58)59)19-32(54)42-13-3-2-12-41-18-31(53)43-17-29-33-25(20-60-29)36(56)51(37(33)57)27-10-11-30(52)47-35(27)55/h15-16,20-23,27,41H,2-14,17-19H2,1H3,(H,42,54)(H,43,53)(H,58,59)(H,44,46,48)(H,47,52,55). The van der Waals surface area contributed by atoms with E-state index in [0.29, 0.717) is 73.9 Å². The molecule has 2 aliphatic heterocycles. The summed E-state index contributed by atoms with van der Waals surface area (Å²) in [5, 5.41) is 29.8. The van der Waals surface area contributed by atoms with Crippen LogP contribution in [0.3, 0.4) is 0 Å². The summed E-state index contributed by atoms with van der Waals surface area (Å²) in [6.45, 7) is 0.506. The van der Waals surface area contributed by atoms with Gasteiger partial charge in [0.05, 0.1) is 36.6 Å². The number of aryl methyl sites for hydroxylation is 1. The molecule has 19 nitrogen and oxygen atoms in total. The van der Waals surface area contributed by atoms with Crippen molar-refractivity contribution in [1.29, 1.82) is 0 Å². The number of carboxylic acid groups (broad SMARTS) is 1. The maximum atomic E-state index is 14.9. The number of thiophene rings is 1. The van der Waals surface area contributed by atoms with Crippen LogP contribution in [-0.4, -0.2) is 120 Å². The zero-order chi connectivity index (χ0) is 42.5. The van der Waals surface area contributed by atoms with Gasteiger partial charge in [0, 0.05) is 53.6 Å². The van der Waals surface area contributed by atoms with Crippen LogP contribution in [0.5, 0.6) is 0 Å². The van der Waals surface area contributed by atoms with Crippen molar-refractivity contribution < 1.29 is 43.1 Å². The molecule has 0 spiro atoms. The number of carbonyl (C=O) groups excluding carboxylic acids is 6. The van der Waals surface area contributed by atoms with E-state index in [1.54, 1.807) is 10.9 Å². The Morgan fingerprint density at radius 3 is 2.47 bits per heavy atom. The second-order valence-corrected chi connectivity index (χ2v) is 16.6. The van der Waals surface area contributed by atoms with Gasteiger partial charge in [0.1, 0.15) is 18.3 Å². The second-order valence-electron chi connectivity index (χ2n) is 15.6. The number of piperidine rings is 1. The number of halogens is 1. The Bertz CT molecular complexity index is 2170. The highest BCUT2D eigenvalue weighted by Crippen LogP contribution is 2.36. The molecule has 0 aromatic carbocycles. The third-order valence-corrected chi connectivity index (χ3v) is 12.4. The van der Waals surface area contributed by atoms with Crippen molar-refractivity contribution >= 4 is 58.8 Å². The van der Waals surface area contributed by atoms with Gasteiger partial charge < -0.3 is 26.4 Å². The van der Waals surface area contributed by atoms with E-state index in [2.05, 4.69) is 41.7 Å². The van der Waals surface area contributed by atoms with E-state index in [4.69, 9.17) is 0 Å². The fourth-order valence-corrected chi connectivity index (χ4v) is 8.87. The van der Waals surface area contributed by atoms with Crippen molar-refractivity contribution in [3.8, 4) is 11.3 Å². The first kappa shape index (κ1) is 42.3. The minimum absolute atomic E-state index is 0.00884. The Kier molecular flexibility index (Phi) is 13.1. The van der Waals surface area contributed by atoms with Crippen LogP contribution in [-0.2, 0) is 39.2 Å². The molecule has 21 heteroatoms. The topological polar surface area (TPSA) is 250 Å². The number of carbonyl (C=O) groups is 7. The summed E-state index contributed by atoms with van der Waals surface area (Å²) in [5.41, 5.74) is 2.12. The van der Waals surface area contributed by atoms with Gasteiger partial charge in [-0.25, -0.2) is 19.2 Å². The SMILES string of the molecule is Cn1ncc(-c2nc(NC3CCC(N(CC(=O)NCCCCNCC(=O)NCc4scc5c4C(=O)N(C4CCC(=O)NC4=O)C5=O)C(=O)O)CC3)ncc2F)c1CC1CC1. The van der Waals surface area contributed by atoms with Gasteiger partial charge in [-0.1, -0.05) is 0 Å². The van der Waals surface area contributed by atoms with Crippen LogP contribution in [0.4, 0.5) is 15.1 Å². The summed E-state index contributed by atoms with van der Waals surface area (Å²) in [4.78, 5) is 98.5.